The number of carbonyl (C=O) groups excluding carboxylic acids is 1. The van der Waals surface area contributed by atoms with Crippen LogP contribution in [0.25, 0.3) is 21.9 Å². The van der Waals surface area contributed by atoms with Gasteiger partial charge in [-0.25, -0.2) is 0 Å². The third-order valence-electron chi connectivity index (χ3n) is 4.53. The molecule has 0 radical (unpaired) electrons. The maximum Gasteiger partial charge on any atom is 0.252 e. The van der Waals surface area contributed by atoms with Crippen molar-refractivity contribution in [1.82, 2.24) is 20.3 Å². The maximum atomic E-state index is 12.8. The number of rotatable bonds is 4. The Morgan fingerprint density at radius 3 is 2.54 bits per heavy atom. The summed E-state index contributed by atoms with van der Waals surface area (Å²) in [7, 11) is 0. The van der Waals surface area contributed by atoms with E-state index in [0.29, 0.717) is 17.8 Å². The van der Waals surface area contributed by atoms with Crippen LogP contribution in [-0.4, -0.2) is 20.9 Å². The molecule has 0 atom stereocenters. The molecule has 2 heterocycles. The molecule has 0 aliphatic heterocycles. The molecule has 2 aromatic carbocycles. The molecule has 2 aromatic heterocycles. The lowest BCUT2D eigenvalue weighted by Gasteiger charge is -2.12. The summed E-state index contributed by atoms with van der Waals surface area (Å²) >= 11 is 0. The summed E-state index contributed by atoms with van der Waals surface area (Å²) in [5.74, 6) is -0.174. The van der Waals surface area contributed by atoms with Gasteiger partial charge in [0.1, 0.15) is 0 Å². The van der Waals surface area contributed by atoms with Gasteiger partial charge in [0.05, 0.1) is 24.1 Å². The summed E-state index contributed by atoms with van der Waals surface area (Å²) in [5.41, 5.74) is 3.81. The number of hydrogen-bond donors (Lipinski definition) is 2. The number of amides is 1. The summed E-state index contributed by atoms with van der Waals surface area (Å²) in [5, 5.41) is 4.69. The Bertz CT molecular complexity index is 1190. The third kappa shape index (κ3) is 3.53. The fraction of sp³-hybridized carbons (Fsp3) is 0.0909. The molecule has 6 heteroatoms. The molecule has 4 rings (SSSR count). The van der Waals surface area contributed by atoms with Gasteiger partial charge in [-0.1, -0.05) is 30.3 Å². The Morgan fingerprint density at radius 2 is 1.82 bits per heavy atom. The van der Waals surface area contributed by atoms with Crippen molar-refractivity contribution in [2.45, 2.75) is 13.5 Å². The molecule has 0 aliphatic rings. The monoisotopic (exact) mass is 370 g/mol. The lowest BCUT2D eigenvalue weighted by Crippen LogP contribution is -2.23. The Kier molecular flexibility index (Phi) is 4.68. The zero-order valence-electron chi connectivity index (χ0n) is 15.3. The van der Waals surface area contributed by atoms with E-state index in [9.17, 15) is 9.59 Å². The van der Waals surface area contributed by atoms with Gasteiger partial charge in [0, 0.05) is 24.0 Å². The molecule has 0 aliphatic carbocycles. The summed E-state index contributed by atoms with van der Waals surface area (Å²) < 4.78 is 0. The largest absolute Gasteiger partial charge is 0.346 e. The minimum absolute atomic E-state index is 0.150. The van der Waals surface area contributed by atoms with E-state index in [4.69, 9.17) is 0 Å². The third-order valence-corrected chi connectivity index (χ3v) is 4.53. The molecule has 0 spiro atoms. The highest BCUT2D eigenvalue weighted by molar-refractivity contribution is 6.10. The second kappa shape index (κ2) is 7.44. The van der Waals surface area contributed by atoms with E-state index in [0.717, 1.165) is 27.6 Å². The lowest BCUT2D eigenvalue weighted by atomic mass is 9.95. The number of nitrogens with one attached hydrogen (secondary N) is 2. The van der Waals surface area contributed by atoms with Gasteiger partial charge in [0.15, 0.2) is 0 Å². The lowest BCUT2D eigenvalue weighted by molar-refractivity contribution is 0.0952. The van der Waals surface area contributed by atoms with Crippen LogP contribution >= 0.6 is 0 Å². The average molecular weight is 370 g/mol. The molecule has 0 bridgehead atoms. The minimum Gasteiger partial charge on any atom is -0.346 e. The first-order chi connectivity index (χ1) is 13.6. The minimum atomic E-state index is -0.174. The average Bonchev–Trinajstić information content (AvgIpc) is 2.73. The molecule has 2 N–H and O–H groups in total. The van der Waals surface area contributed by atoms with Gasteiger partial charge in [0.25, 0.3) is 5.91 Å². The van der Waals surface area contributed by atoms with E-state index in [1.807, 2.05) is 37.3 Å². The zero-order chi connectivity index (χ0) is 19.5. The van der Waals surface area contributed by atoms with Gasteiger partial charge in [-0.2, -0.15) is 0 Å². The molecular formula is C22H18N4O2. The summed E-state index contributed by atoms with van der Waals surface area (Å²) in [6.45, 7) is 2.17. The van der Waals surface area contributed by atoms with Crippen molar-refractivity contribution < 1.29 is 4.79 Å². The van der Waals surface area contributed by atoms with Crippen molar-refractivity contribution in [3.05, 3.63) is 94.4 Å². The van der Waals surface area contributed by atoms with Crippen molar-refractivity contribution in [1.29, 1.82) is 0 Å². The van der Waals surface area contributed by atoms with Crippen molar-refractivity contribution in [2.24, 2.45) is 0 Å². The quantitative estimate of drug-likeness (QED) is 0.577. The van der Waals surface area contributed by atoms with E-state index in [2.05, 4.69) is 20.3 Å². The molecule has 0 saturated carbocycles. The van der Waals surface area contributed by atoms with E-state index in [1.165, 1.54) is 6.07 Å². The number of aromatic amines is 1. The van der Waals surface area contributed by atoms with E-state index >= 15 is 0 Å². The summed E-state index contributed by atoms with van der Waals surface area (Å²) in [4.78, 5) is 35.3. The molecule has 6 nitrogen and oxygen atoms in total. The van der Waals surface area contributed by atoms with Crippen molar-refractivity contribution >= 4 is 16.7 Å². The van der Waals surface area contributed by atoms with Crippen molar-refractivity contribution in [3.63, 3.8) is 0 Å². The van der Waals surface area contributed by atoms with Gasteiger partial charge >= 0.3 is 0 Å². The molecule has 0 unspecified atom stereocenters. The molecule has 0 fully saturated rings. The van der Waals surface area contributed by atoms with Crippen LogP contribution in [0.4, 0.5) is 0 Å². The van der Waals surface area contributed by atoms with E-state index in [-0.39, 0.29) is 11.5 Å². The van der Waals surface area contributed by atoms with Gasteiger partial charge in [0.2, 0.25) is 5.56 Å². The second-order valence-electron chi connectivity index (χ2n) is 6.48. The summed E-state index contributed by atoms with van der Waals surface area (Å²) in [6.07, 6.45) is 5.02. The van der Waals surface area contributed by atoms with Crippen molar-refractivity contribution in [3.8, 4) is 11.1 Å². The number of H-pyrrole nitrogens is 1. The van der Waals surface area contributed by atoms with Gasteiger partial charge in [-0.15, -0.1) is 0 Å². The molecule has 138 valence electrons. The van der Waals surface area contributed by atoms with Crippen LogP contribution in [0.1, 0.15) is 21.7 Å². The number of benzene rings is 2. The van der Waals surface area contributed by atoms with Crippen LogP contribution in [0, 0.1) is 6.92 Å². The Balaban J connectivity index is 1.67. The van der Waals surface area contributed by atoms with E-state index < -0.39 is 0 Å². The van der Waals surface area contributed by atoms with Crippen LogP contribution in [0.5, 0.6) is 0 Å². The predicted molar refractivity (Wildman–Crippen MR) is 108 cm³/mol. The van der Waals surface area contributed by atoms with Crippen LogP contribution in [0.15, 0.2) is 71.9 Å². The Labute approximate surface area is 161 Å². The molecule has 0 saturated heterocycles. The first kappa shape index (κ1) is 17.6. The standard InChI is InChI=1S/C22H18N4O2/c1-14-10-24-16(12-23-14)13-26-22(28)20-8-7-17(15-6-9-21(27)25-11-15)18-4-2-3-5-19(18)20/h2-12H,13H2,1H3,(H,25,27)(H,26,28). The van der Waals surface area contributed by atoms with Gasteiger partial charge < -0.3 is 10.3 Å². The zero-order valence-corrected chi connectivity index (χ0v) is 15.3. The normalized spacial score (nSPS) is 10.8. The highest BCUT2D eigenvalue weighted by atomic mass is 16.1. The van der Waals surface area contributed by atoms with Crippen LogP contribution in [0.3, 0.4) is 0 Å². The van der Waals surface area contributed by atoms with Gasteiger partial charge in [-0.3, -0.25) is 19.6 Å². The molecule has 4 aromatic rings. The highest BCUT2D eigenvalue weighted by Gasteiger charge is 2.13. The van der Waals surface area contributed by atoms with Gasteiger partial charge in [-0.05, 0) is 41.0 Å². The fourth-order valence-electron chi connectivity index (χ4n) is 3.10. The van der Waals surface area contributed by atoms with E-state index in [1.54, 1.807) is 30.7 Å². The SMILES string of the molecule is Cc1cnc(CNC(=O)c2ccc(-c3ccc(=O)[nH]c3)c3ccccc23)cn1. The highest BCUT2D eigenvalue weighted by Crippen LogP contribution is 2.30. The van der Waals surface area contributed by atoms with Crippen LogP contribution < -0.4 is 10.9 Å². The number of nitrogens with zero attached hydrogens (tertiary/aromatic N) is 2. The van der Waals surface area contributed by atoms with Crippen LogP contribution in [-0.2, 0) is 6.54 Å². The second-order valence-corrected chi connectivity index (χ2v) is 6.48. The number of aromatic nitrogens is 3. The predicted octanol–water partition coefficient (Wildman–Crippen LogP) is 3.22. The molecule has 28 heavy (non-hydrogen) atoms. The fourth-order valence-corrected chi connectivity index (χ4v) is 3.10. The number of hydrogen-bond acceptors (Lipinski definition) is 4. The van der Waals surface area contributed by atoms with Crippen LogP contribution in [0.2, 0.25) is 0 Å². The number of carbonyl (C=O) groups is 1. The Hall–Kier alpha value is -3.80. The van der Waals surface area contributed by atoms with Crippen molar-refractivity contribution in [2.75, 3.05) is 0 Å². The topological polar surface area (TPSA) is 87.7 Å². The Morgan fingerprint density at radius 1 is 1.00 bits per heavy atom. The number of fused-ring (bicyclic) bond motifs is 1. The first-order valence-corrected chi connectivity index (χ1v) is 8.88. The smallest absolute Gasteiger partial charge is 0.252 e. The molecule has 1 amide bonds. The first-order valence-electron chi connectivity index (χ1n) is 8.88. The number of pyridine rings is 1. The maximum absolute atomic E-state index is 12.8. The summed E-state index contributed by atoms with van der Waals surface area (Å²) in [6, 6.07) is 14.7. The number of aryl methyl sites for hydroxylation is 1. The molecular weight excluding hydrogens is 352 g/mol.